The largest absolute Gasteiger partial charge is 0.466 e. The quantitative estimate of drug-likeness (QED) is 0.179. The molecule has 0 radical (unpaired) electrons. The maximum Gasteiger partial charge on any atom is 0.306 e. The minimum absolute atomic E-state index is 0.0560. The number of hydrogen-bond donors (Lipinski definition) is 1. The second kappa shape index (κ2) is 22.9. The van der Waals surface area contributed by atoms with Crippen molar-refractivity contribution in [3.8, 4) is 0 Å². The van der Waals surface area contributed by atoms with Gasteiger partial charge in [0.15, 0.2) is 0 Å². The lowest BCUT2D eigenvalue weighted by molar-refractivity contribution is -0.143. The molecule has 1 N–H and O–H groups in total. The summed E-state index contributed by atoms with van der Waals surface area (Å²) in [5.74, 6) is -0.201. The molecule has 0 aromatic heterocycles. The summed E-state index contributed by atoms with van der Waals surface area (Å²) in [4.78, 5) is 11.3. The molecule has 0 saturated heterocycles. The van der Waals surface area contributed by atoms with Gasteiger partial charge in [-0.3, -0.25) is 4.79 Å². The molecule has 0 aliphatic carbocycles. The van der Waals surface area contributed by atoms with Crippen molar-refractivity contribution in [3.05, 3.63) is 72.9 Å². The summed E-state index contributed by atoms with van der Waals surface area (Å²) in [5, 5.41) is 8.60. The molecule has 0 saturated carbocycles. The van der Waals surface area contributed by atoms with E-state index in [4.69, 9.17) is 9.84 Å². The Labute approximate surface area is 171 Å². The number of aliphatic hydroxyl groups excluding tert-OH is 1. The zero-order chi connectivity index (χ0) is 20.5. The summed E-state index contributed by atoms with van der Waals surface area (Å²) in [6.07, 6.45) is 33.5. The first kappa shape index (κ1) is 25.9. The fraction of sp³-hybridized carbons (Fsp3) is 0.480. The van der Waals surface area contributed by atoms with Crippen LogP contribution in [-0.2, 0) is 9.53 Å². The number of rotatable bonds is 17. The van der Waals surface area contributed by atoms with E-state index in [1.165, 1.54) is 0 Å². The first-order valence-electron chi connectivity index (χ1n) is 10.5. The van der Waals surface area contributed by atoms with Crippen molar-refractivity contribution in [2.24, 2.45) is 0 Å². The van der Waals surface area contributed by atoms with Gasteiger partial charge in [-0.2, -0.15) is 0 Å². The molecule has 0 aliphatic heterocycles. The van der Waals surface area contributed by atoms with Gasteiger partial charge in [0.1, 0.15) is 0 Å². The van der Waals surface area contributed by atoms with Crippen LogP contribution in [0.1, 0.15) is 64.7 Å². The van der Waals surface area contributed by atoms with Gasteiger partial charge in [-0.05, 0) is 44.9 Å². The lowest BCUT2D eigenvalue weighted by Crippen LogP contribution is -2.06. The van der Waals surface area contributed by atoms with Crippen molar-refractivity contribution in [3.63, 3.8) is 0 Å². The molecule has 3 heteroatoms. The third-order valence-corrected chi connectivity index (χ3v) is 3.68. The molecule has 0 amide bonds. The molecular formula is C25H38O3. The number of esters is 1. The van der Waals surface area contributed by atoms with E-state index >= 15 is 0 Å². The Morgan fingerprint density at radius 2 is 1.14 bits per heavy atom. The standard InChI is InChI=1S/C25H38O3/c1-2-3-4-5-6-7-8-9-10-11-12-13-14-15-16-17-18-19-20-22-25(27)28-24-21-23-26/h3-4,6-7,9-10,12-13,15-16,18-19,26H,2,5,8,11,14,17,20-24H2,1H3. The van der Waals surface area contributed by atoms with Crippen LogP contribution in [0.3, 0.4) is 0 Å². The zero-order valence-corrected chi connectivity index (χ0v) is 17.5. The Kier molecular flexibility index (Phi) is 21.2. The Morgan fingerprint density at radius 1 is 0.714 bits per heavy atom. The number of carbonyl (C=O) groups excluding carboxylic acids is 1. The highest BCUT2D eigenvalue weighted by Gasteiger charge is 1.99. The summed E-state index contributed by atoms with van der Waals surface area (Å²) in [5.41, 5.74) is 0. The maximum atomic E-state index is 11.3. The van der Waals surface area contributed by atoms with Crippen LogP contribution in [0.4, 0.5) is 0 Å². The predicted molar refractivity (Wildman–Crippen MR) is 120 cm³/mol. The van der Waals surface area contributed by atoms with Gasteiger partial charge in [-0.1, -0.05) is 79.8 Å². The third-order valence-electron chi connectivity index (χ3n) is 3.68. The van der Waals surface area contributed by atoms with E-state index in [9.17, 15) is 4.79 Å². The first-order chi connectivity index (χ1) is 13.8. The molecule has 0 bridgehead atoms. The number of hydrogen-bond acceptors (Lipinski definition) is 3. The fourth-order valence-electron chi connectivity index (χ4n) is 2.16. The van der Waals surface area contributed by atoms with Gasteiger partial charge in [0.05, 0.1) is 6.61 Å². The molecule has 0 heterocycles. The normalized spacial score (nSPS) is 12.8. The smallest absolute Gasteiger partial charge is 0.306 e. The van der Waals surface area contributed by atoms with Gasteiger partial charge in [-0.25, -0.2) is 0 Å². The Balaban J connectivity index is 3.54. The monoisotopic (exact) mass is 386 g/mol. The molecular weight excluding hydrogens is 348 g/mol. The number of allylic oxidation sites excluding steroid dienone is 12. The highest BCUT2D eigenvalue weighted by Crippen LogP contribution is 1.99. The summed E-state index contributed by atoms with van der Waals surface area (Å²) >= 11 is 0. The molecule has 0 unspecified atom stereocenters. The van der Waals surface area contributed by atoms with Gasteiger partial charge in [-0.15, -0.1) is 0 Å². The van der Waals surface area contributed by atoms with E-state index in [0.717, 1.165) is 38.5 Å². The average molecular weight is 387 g/mol. The molecule has 0 aromatic carbocycles. The summed E-state index contributed by atoms with van der Waals surface area (Å²) in [6, 6.07) is 0. The molecule has 0 atom stereocenters. The van der Waals surface area contributed by atoms with Crippen LogP contribution >= 0.6 is 0 Å². The van der Waals surface area contributed by atoms with Crippen LogP contribution in [0, 0.1) is 0 Å². The minimum atomic E-state index is -0.201. The summed E-state index contributed by atoms with van der Waals surface area (Å²) in [7, 11) is 0. The van der Waals surface area contributed by atoms with Gasteiger partial charge >= 0.3 is 5.97 Å². The van der Waals surface area contributed by atoms with E-state index in [1.54, 1.807) is 0 Å². The minimum Gasteiger partial charge on any atom is -0.466 e. The predicted octanol–water partition coefficient (Wildman–Crippen LogP) is 6.39. The van der Waals surface area contributed by atoms with Crippen molar-refractivity contribution in [2.45, 2.75) is 64.7 Å². The number of ether oxygens (including phenoxy) is 1. The maximum absolute atomic E-state index is 11.3. The van der Waals surface area contributed by atoms with Crippen molar-refractivity contribution in [1.82, 2.24) is 0 Å². The number of aliphatic hydroxyl groups is 1. The van der Waals surface area contributed by atoms with Crippen LogP contribution in [0.25, 0.3) is 0 Å². The fourth-order valence-corrected chi connectivity index (χ4v) is 2.16. The van der Waals surface area contributed by atoms with E-state index in [1.807, 2.05) is 6.08 Å². The zero-order valence-electron chi connectivity index (χ0n) is 17.5. The highest BCUT2D eigenvalue weighted by molar-refractivity contribution is 5.69. The molecule has 28 heavy (non-hydrogen) atoms. The van der Waals surface area contributed by atoms with Crippen LogP contribution in [-0.4, -0.2) is 24.3 Å². The highest BCUT2D eigenvalue weighted by atomic mass is 16.5. The summed E-state index contributed by atoms with van der Waals surface area (Å²) < 4.78 is 4.95. The lowest BCUT2D eigenvalue weighted by atomic mass is 10.2. The van der Waals surface area contributed by atoms with Gasteiger partial charge < -0.3 is 9.84 Å². The third kappa shape index (κ3) is 21.9. The van der Waals surface area contributed by atoms with E-state index in [2.05, 4.69) is 73.8 Å². The molecule has 3 nitrogen and oxygen atoms in total. The first-order valence-corrected chi connectivity index (χ1v) is 10.5. The molecule has 0 aliphatic rings. The van der Waals surface area contributed by atoms with Gasteiger partial charge in [0.2, 0.25) is 0 Å². The van der Waals surface area contributed by atoms with Crippen molar-refractivity contribution < 1.29 is 14.6 Å². The molecule has 0 spiro atoms. The van der Waals surface area contributed by atoms with Gasteiger partial charge in [0.25, 0.3) is 0 Å². The second-order valence-electron chi connectivity index (χ2n) is 6.25. The lowest BCUT2D eigenvalue weighted by Gasteiger charge is -2.01. The van der Waals surface area contributed by atoms with Crippen LogP contribution in [0.2, 0.25) is 0 Å². The Hall–Kier alpha value is -2.13. The van der Waals surface area contributed by atoms with E-state index < -0.39 is 0 Å². The Bertz CT molecular complexity index is 522. The van der Waals surface area contributed by atoms with E-state index in [-0.39, 0.29) is 12.6 Å². The van der Waals surface area contributed by atoms with Crippen molar-refractivity contribution >= 4 is 5.97 Å². The van der Waals surface area contributed by atoms with Crippen LogP contribution in [0.5, 0.6) is 0 Å². The van der Waals surface area contributed by atoms with Crippen LogP contribution < -0.4 is 0 Å². The van der Waals surface area contributed by atoms with E-state index in [0.29, 0.717) is 25.9 Å². The molecule has 0 aromatic rings. The van der Waals surface area contributed by atoms with Crippen molar-refractivity contribution in [2.75, 3.05) is 13.2 Å². The average Bonchev–Trinajstić information content (AvgIpc) is 2.70. The molecule has 0 rings (SSSR count). The summed E-state index contributed by atoms with van der Waals surface area (Å²) in [6.45, 7) is 2.51. The topological polar surface area (TPSA) is 46.5 Å². The number of carbonyl (C=O) groups is 1. The van der Waals surface area contributed by atoms with Crippen molar-refractivity contribution in [1.29, 1.82) is 0 Å². The van der Waals surface area contributed by atoms with Crippen LogP contribution in [0.15, 0.2) is 72.9 Å². The SMILES string of the molecule is CCC=CCC=CCC=CCC=CCC=CCC=CCCC(=O)OCCCO. The van der Waals surface area contributed by atoms with Gasteiger partial charge in [0, 0.05) is 19.4 Å². The Morgan fingerprint density at radius 3 is 1.57 bits per heavy atom. The molecule has 0 fully saturated rings. The second-order valence-corrected chi connectivity index (χ2v) is 6.25. The molecule has 156 valence electrons.